The van der Waals surface area contributed by atoms with Gasteiger partial charge in [-0.05, 0) is 23.8 Å². The van der Waals surface area contributed by atoms with E-state index >= 15 is 0 Å². The molecule has 0 spiro atoms. The van der Waals surface area contributed by atoms with E-state index in [1.807, 2.05) is 18.2 Å². The number of rotatable bonds is 2. The van der Waals surface area contributed by atoms with Crippen molar-refractivity contribution in [2.24, 2.45) is 0 Å². The molecule has 1 aromatic rings. The van der Waals surface area contributed by atoms with Crippen LogP contribution in [0.4, 0.5) is 0 Å². The highest BCUT2D eigenvalue weighted by molar-refractivity contribution is 9.11. The molecule has 2 nitrogen and oxygen atoms in total. The molecule has 70 valence electrons. The van der Waals surface area contributed by atoms with Crippen molar-refractivity contribution in [3.8, 4) is 0 Å². The van der Waals surface area contributed by atoms with Crippen LogP contribution in [0.25, 0.3) is 0 Å². The summed E-state index contributed by atoms with van der Waals surface area (Å²) in [5.41, 5.74) is 0.924. The fourth-order valence-electron chi connectivity index (χ4n) is 0.952. The lowest BCUT2D eigenvalue weighted by Crippen LogP contribution is -2.04. The largest absolute Gasteiger partial charge is 0.469 e. The number of benzene rings is 1. The molecule has 0 N–H and O–H groups in total. The molecule has 13 heavy (non-hydrogen) atoms. The van der Waals surface area contributed by atoms with E-state index in [1.54, 1.807) is 0 Å². The number of hydrogen-bond donors (Lipinski definition) is 0. The molecule has 0 aliphatic carbocycles. The second-order valence-electron chi connectivity index (χ2n) is 2.53. The van der Waals surface area contributed by atoms with E-state index in [1.165, 1.54) is 7.11 Å². The molecule has 0 saturated carbocycles. The lowest BCUT2D eigenvalue weighted by molar-refractivity contribution is -0.139. The van der Waals surface area contributed by atoms with Gasteiger partial charge < -0.3 is 4.74 Å². The molecule has 0 amide bonds. The molecule has 0 heterocycles. The maximum absolute atomic E-state index is 11.0. The van der Waals surface area contributed by atoms with Crippen molar-refractivity contribution in [1.82, 2.24) is 0 Å². The molecular weight excluding hydrogens is 300 g/mol. The summed E-state index contributed by atoms with van der Waals surface area (Å²) in [4.78, 5) is 11.0. The topological polar surface area (TPSA) is 26.3 Å². The highest BCUT2D eigenvalue weighted by Crippen LogP contribution is 2.20. The van der Waals surface area contributed by atoms with Crippen LogP contribution in [-0.2, 0) is 16.0 Å². The molecule has 0 saturated heterocycles. The molecule has 0 aliphatic heterocycles. The van der Waals surface area contributed by atoms with E-state index in [-0.39, 0.29) is 5.97 Å². The van der Waals surface area contributed by atoms with Crippen LogP contribution in [0.2, 0.25) is 0 Å². The average Bonchev–Trinajstić information content (AvgIpc) is 2.02. The molecule has 0 aliphatic rings. The van der Waals surface area contributed by atoms with E-state index < -0.39 is 0 Å². The van der Waals surface area contributed by atoms with Gasteiger partial charge in [-0.15, -0.1) is 0 Å². The smallest absolute Gasteiger partial charge is 0.309 e. The number of ether oxygens (including phenoxy) is 1. The molecule has 4 heteroatoms. The Bertz CT molecular complexity index is 303. The number of methoxy groups -OCH3 is 1. The van der Waals surface area contributed by atoms with Gasteiger partial charge in [0.25, 0.3) is 0 Å². The van der Waals surface area contributed by atoms with Gasteiger partial charge in [-0.25, -0.2) is 0 Å². The van der Waals surface area contributed by atoms with Gasteiger partial charge in [-0.2, -0.15) is 0 Å². The maximum atomic E-state index is 11.0. The Labute approximate surface area is 93.5 Å². The molecule has 0 bridgehead atoms. The minimum absolute atomic E-state index is 0.231. The Morgan fingerprint density at radius 2 is 1.85 bits per heavy atom. The Kier molecular flexibility index (Phi) is 3.93. The van der Waals surface area contributed by atoms with Crippen LogP contribution in [0.1, 0.15) is 5.56 Å². The third-order valence-corrected chi connectivity index (χ3v) is 2.41. The Balaban J connectivity index is 2.83. The minimum Gasteiger partial charge on any atom is -0.469 e. The number of halogens is 2. The predicted octanol–water partition coefficient (Wildman–Crippen LogP) is 2.93. The summed E-state index contributed by atoms with van der Waals surface area (Å²) in [6.07, 6.45) is 0.300. The first-order valence-electron chi connectivity index (χ1n) is 3.63. The van der Waals surface area contributed by atoms with Crippen molar-refractivity contribution in [3.05, 3.63) is 32.7 Å². The number of carbonyl (C=O) groups excluding carboxylic acids is 1. The van der Waals surface area contributed by atoms with E-state index in [2.05, 4.69) is 36.6 Å². The first kappa shape index (κ1) is 10.7. The fraction of sp³-hybridized carbons (Fsp3) is 0.222. The summed E-state index contributed by atoms with van der Waals surface area (Å²) in [6, 6.07) is 5.70. The molecule has 0 radical (unpaired) electrons. The van der Waals surface area contributed by atoms with Crippen molar-refractivity contribution in [2.75, 3.05) is 7.11 Å². The predicted molar refractivity (Wildman–Crippen MR) is 57.6 cm³/mol. The van der Waals surface area contributed by atoms with Gasteiger partial charge in [0.2, 0.25) is 0 Å². The van der Waals surface area contributed by atoms with Gasteiger partial charge in [0.1, 0.15) is 0 Å². The third-order valence-electron chi connectivity index (χ3n) is 1.50. The molecule has 0 aromatic heterocycles. The lowest BCUT2D eigenvalue weighted by atomic mass is 10.2. The van der Waals surface area contributed by atoms with Crippen molar-refractivity contribution in [2.45, 2.75) is 6.42 Å². The molecule has 1 rings (SSSR count). The number of hydrogen-bond acceptors (Lipinski definition) is 2. The maximum Gasteiger partial charge on any atom is 0.309 e. The summed E-state index contributed by atoms with van der Waals surface area (Å²) in [5, 5.41) is 0. The Morgan fingerprint density at radius 1 is 1.31 bits per heavy atom. The van der Waals surface area contributed by atoms with Crippen LogP contribution in [0, 0.1) is 0 Å². The van der Waals surface area contributed by atoms with Crippen molar-refractivity contribution in [1.29, 1.82) is 0 Å². The van der Waals surface area contributed by atoms with Crippen LogP contribution in [-0.4, -0.2) is 13.1 Å². The first-order valence-corrected chi connectivity index (χ1v) is 5.22. The zero-order valence-corrected chi connectivity index (χ0v) is 10.2. The standard InChI is InChI=1S/C9H8Br2O2/c1-13-9(12)4-6-2-7(10)5-8(11)3-6/h2-3,5H,4H2,1H3. The van der Waals surface area contributed by atoms with Crippen molar-refractivity contribution < 1.29 is 9.53 Å². The van der Waals surface area contributed by atoms with Crippen molar-refractivity contribution >= 4 is 37.8 Å². The zero-order valence-electron chi connectivity index (χ0n) is 7.01. The van der Waals surface area contributed by atoms with Gasteiger partial charge in [-0.3, -0.25) is 4.79 Å². The van der Waals surface area contributed by atoms with Gasteiger partial charge in [0.05, 0.1) is 13.5 Å². The number of carbonyl (C=O) groups is 1. The van der Waals surface area contributed by atoms with Crippen LogP contribution in [0.3, 0.4) is 0 Å². The first-order chi connectivity index (χ1) is 6.11. The fourth-order valence-corrected chi connectivity index (χ4v) is 2.34. The normalized spacial score (nSPS) is 9.77. The van der Waals surface area contributed by atoms with E-state index in [0.717, 1.165) is 14.5 Å². The summed E-state index contributed by atoms with van der Waals surface area (Å²) < 4.78 is 6.45. The third kappa shape index (κ3) is 3.48. The van der Waals surface area contributed by atoms with Crippen LogP contribution >= 0.6 is 31.9 Å². The SMILES string of the molecule is COC(=O)Cc1cc(Br)cc(Br)c1. The molecular formula is C9H8Br2O2. The van der Waals surface area contributed by atoms with E-state index in [9.17, 15) is 4.79 Å². The highest BCUT2D eigenvalue weighted by atomic mass is 79.9. The molecule has 0 atom stereocenters. The summed E-state index contributed by atoms with van der Waals surface area (Å²) in [5.74, 6) is -0.231. The molecule has 0 unspecified atom stereocenters. The van der Waals surface area contributed by atoms with Crippen LogP contribution < -0.4 is 0 Å². The lowest BCUT2D eigenvalue weighted by Gasteiger charge is -2.01. The monoisotopic (exact) mass is 306 g/mol. The summed E-state index contributed by atoms with van der Waals surface area (Å²) >= 11 is 6.69. The van der Waals surface area contributed by atoms with Gasteiger partial charge >= 0.3 is 5.97 Å². The van der Waals surface area contributed by atoms with Gasteiger partial charge in [0.15, 0.2) is 0 Å². The second-order valence-corrected chi connectivity index (χ2v) is 4.36. The second kappa shape index (κ2) is 4.77. The minimum atomic E-state index is -0.231. The molecule has 0 fully saturated rings. The summed E-state index contributed by atoms with van der Waals surface area (Å²) in [7, 11) is 1.38. The Morgan fingerprint density at radius 3 is 2.31 bits per heavy atom. The van der Waals surface area contributed by atoms with Gasteiger partial charge in [0, 0.05) is 8.95 Å². The highest BCUT2D eigenvalue weighted by Gasteiger charge is 2.04. The quantitative estimate of drug-likeness (QED) is 0.785. The molecule has 1 aromatic carbocycles. The summed E-state index contributed by atoms with van der Waals surface area (Å²) in [6.45, 7) is 0. The van der Waals surface area contributed by atoms with E-state index in [0.29, 0.717) is 6.42 Å². The van der Waals surface area contributed by atoms with Gasteiger partial charge in [-0.1, -0.05) is 31.9 Å². The number of esters is 1. The van der Waals surface area contributed by atoms with Crippen molar-refractivity contribution in [3.63, 3.8) is 0 Å². The Hall–Kier alpha value is -0.350. The van der Waals surface area contributed by atoms with Crippen LogP contribution in [0.15, 0.2) is 27.1 Å². The zero-order chi connectivity index (χ0) is 9.84. The van der Waals surface area contributed by atoms with E-state index in [4.69, 9.17) is 0 Å². The average molecular weight is 308 g/mol. The van der Waals surface area contributed by atoms with Crippen LogP contribution in [0.5, 0.6) is 0 Å².